The standard InChI is InChI=1S/C10H5F4N3O4/c11-7(12)3-1-4-6(5(2-3)17(20)21)15-9(8(13)14)16(4)10(18)19/h1-2,7-8H,(H,18,19). The van der Waals surface area contributed by atoms with Crippen LogP contribution in [0.3, 0.4) is 0 Å². The summed E-state index contributed by atoms with van der Waals surface area (Å²) in [5.41, 5.74) is -3.22. The SMILES string of the molecule is O=C(O)n1c(C(F)F)nc2c([N+](=O)[O-])cc(C(F)F)cc21. The molecule has 2 aromatic rings. The Hall–Kier alpha value is -2.72. The highest BCUT2D eigenvalue weighted by Crippen LogP contribution is 2.34. The van der Waals surface area contributed by atoms with Crippen molar-refractivity contribution in [2.45, 2.75) is 12.9 Å². The fourth-order valence-corrected chi connectivity index (χ4v) is 1.81. The number of aromatic nitrogens is 2. The minimum Gasteiger partial charge on any atom is -0.464 e. The van der Waals surface area contributed by atoms with Crippen molar-refractivity contribution in [1.29, 1.82) is 0 Å². The van der Waals surface area contributed by atoms with E-state index in [2.05, 4.69) is 4.98 Å². The van der Waals surface area contributed by atoms with Crippen LogP contribution in [0.25, 0.3) is 11.0 Å². The van der Waals surface area contributed by atoms with Gasteiger partial charge in [0.15, 0.2) is 11.3 Å². The van der Waals surface area contributed by atoms with Gasteiger partial charge in [-0.15, -0.1) is 0 Å². The monoisotopic (exact) mass is 307 g/mol. The van der Waals surface area contributed by atoms with E-state index in [9.17, 15) is 32.5 Å². The van der Waals surface area contributed by atoms with E-state index in [-0.39, 0.29) is 4.57 Å². The van der Waals surface area contributed by atoms with Gasteiger partial charge in [0.1, 0.15) is 0 Å². The molecule has 0 saturated carbocycles. The number of alkyl halides is 4. The van der Waals surface area contributed by atoms with E-state index in [1.54, 1.807) is 0 Å². The van der Waals surface area contributed by atoms with E-state index < -0.39 is 52.0 Å². The van der Waals surface area contributed by atoms with Crippen molar-refractivity contribution in [1.82, 2.24) is 9.55 Å². The number of nitro groups is 1. The lowest BCUT2D eigenvalue weighted by molar-refractivity contribution is -0.383. The largest absolute Gasteiger partial charge is 0.464 e. The molecule has 11 heteroatoms. The maximum Gasteiger partial charge on any atom is 0.417 e. The minimum absolute atomic E-state index is 0.0428. The van der Waals surface area contributed by atoms with Gasteiger partial charge in [-0.3, -0.25) is 10.1 Å². The van der Waals surface area contributed by atoms with Gasteiger partial charge in [0.2, 0.25) is 0 Å². The second-order valence-corrected chi connectivity index (χ2v) is 3.85. The van der Waals surface area contributed by atoms with Gasteiger partial charge in [0, 0.05) is 11.6 Å². The van der Waals surface area contributed by atoms with Crippen LogP contribution in [-0.4, -0.2) is 25.7 Å². The van der Waals surface area contributed by atoms with Crippen LogP contribution in [0.4, 0.5) is 28.0 Å². The van der Waals surface area contributed by atoms with Crippen molar-refractivity contribution in [3.05, 3.63) is 33.6 Å². The molecule has 0 aliphatic heterocycles. The molecule has 0 amide bonds. The molecule has 1 aromatic carbocycles. The van der Waals surface area contributed by atoms with Crippen molar-refractivity contribution < 1.29 is 32.4 Å². The predicted octanol–water partition coefficient (Wildman–Crippen LogP) is 3.35. The number of benzene rings is 1. The highest BCUT2D eigenvalue weighted by Gasteiger charge is 2.29. The maximum atomic E-state index is 12.8. The molecule has 0 unspecified atom stereocenters. The van der Waals surface area contributed by atoms with Crippen molar-refractivity contribution in [2.75, 3.05) is 0 Å². The van der Waals surface area contributed by atoms with Gasteiger partial charge < -0.3 is 5.11 Å². The number of halogens is 4. The fourth-order valence-electron chi connectivity index (χ4n) is 1.81. The zero-order valence-electron chi connectivity index (χ0n) is 9.83. The molecule has 0 radical (unpaired) electrons. The summed E-state index contributed by atoms with van der Waals surface area (Å²) >= 11 is 0. The highest BCUT2D eigenvalue weighted by molar-refractivity contribution is 5.92. The number of rotatable bonds is 3. The molecule has 7 nitrogen and oxygen atoms in total. The Kier molecular flexibility index (Phi) is 3.49. The summed E-state index contributed by atoms with van der Waals surface area (Å²) in [7, 11) is 0. The summed E-state index contributed by atoms with van der Waals surface area (Å²) < 4.78 is 50.8. The van der Waals surface area contributed by atoms with E-state index >= 15 is 0 Å². The van der Waals surface area contributed by atoms with Gasteiger partial charge in [0.25, 0.3) is 18.5 Å². The maximum absolute atomic E-state index is 12.8. The van der Waals surface area contributed by atoms with Crippen LogP contribution in [-0.2, 0) is 0 Å². The van der Waals surface area contributed by atoms with Crippen LogP contribution in [0, 0.1) is 10.1 Å². The summed E-state index contributed by atoms with van der Waals surface area (Å²) in [6.07, 6.45) is -8.39. The number of carboxylic acid groups (broad SMARTS) is 1. The molecule has 2 rings (SSSR count). The van der Waals surface area contributed by atoms with Crippen LogP contribution in [0.2, 0.25) is 0 Å². The molecule has 0 saturated heterocycles. The normalized spacial score (nSPS) is 11.5. The molecule has 0 aliphatic rings. The lowest BCUT2D eigenvalue weighted by Gasteiger charge is -2.03. The number of carbonyl (C=O) groups is 1. The molecule has 0 spiro atoms. The van der Waals surface area contributed by atoms with Gasteiger partial charge in [-0.05, 0) is 6.07 Å². The van der Waals surface area contributed by atoms with Crippen LogP contribution >= 0.6 is 0 Å². The van der Waals surface area contributed by atoms with Gasteiger partial charge >= 0.3 is 6.09 Å². The summed E-state index contributed by atoms with van der Waals surface area (Å²) in [6, 6.07) is 1.06. The van der Waals surface area contributed by atoms with Crippen molar-refractivity contribution in [3.63, 3.8) is 0 Å². The third-order valence-corrected chi connectivity index (χ3v) is 2.62. The fraction of sp³-hybridized carbons (Fsp3) is 0.200. The topological polar surface area (TPSA) is 98.3 Å². The molecular formula is C10H5F4N3O4. The second-order valence-electron chi connectivity index (χ2n) is 3.85. The molecule has 0 atom stereocenters. The van der Waals surface area contributed by atoms with Crippen molar-refractivity contribution >= 4 is 22.8 Å². The number of hydrogen-bond donors (Lipinski definition) is 1. The van der Waals surface area contributed by atoms with Gasteiger partial charge in [-0.2, -0.15) is 0 Å². The lowest BCUT2D eigenvalue weighted by Crippen LogP contribution is -2.12. The zero-order chi connectivity index (χ0) is 15.9. The third-order valence-electron chi connectivity index (χ3n) is 2.62. The Balaban J connectivity index is 2.94. The molecule has 21 heavy (non-hydrogen) atoms. The summed E-state index contributed by atoms with van der Waals surface area (Å²) in [5, 5.41) is 19.7. The first-order valence-corrected chi connectivity index (χ1v) is 5.24. The van der Waals surface area contributed by atoms with E-state index in [0.29, 0.717) is 12.1 Å². The average molecular weight is 307 g/mol. The Morgan fingerprint density at radius 2 is 1.90 bits per heavy atom. The Morgan fingerprint density at radius 1 is 1.29 bits per heavy atom. The van der Waals surface area contributed by atoms with Crippen molar-refractivity contribution in [2.24, 2.45) is 0 Å². The first-order chi connectivity index (χ1) is 9.73. The molecule has 1 heterocycles. The van der Waals surface area contributed by atoms with Crippen LogP contribution in [0.15, 0.2) is 12.1 Å². The number of nitrogens with zero attached hydrogens (tertiary/aromatic N) is 3. The predicted molar refractivity (Wildman–Crippen MR) is 59.7 cm³/mol. The van der Waals surface area contributed by atoms with Crippen LogP contribution < -0.4 is 0 Å². The lowest BCUT2D eigenvalue weighted by atomic mass is 10.1. The number of hydrogen-bond acceptors (Lipinski definition) is 4. The molecule has 0 bridgehead atoms. The molecule has 112 valence electrons. The Morgan fingerprint density at radius 3 is 2.33 bits per heavy atom. The van der Waals surface area contributed by atoms with Crippen LogP contribution in [0.1, 0.15) is 24.2 Å². The summed E-state index contributed by atoms with van der Waals surface area (Å²) in [5.74, 6) is -1.27. The van der Waals surface area contributed by atoms with Gasteiger partial charge in [0.05, 0.1) is 10.4 Å². The Bertz CT molecular complexity index is 743. The van der Waals surface area contributed by atoms with E-state index in [1.807, 2.05) is 0 Å². The summed E-state index contributed by atoms with van der Waals surface area (Å²) in [6.45, 7) is 0. The van der Waals surface area contributed by atoms with E-state index in [4.69, 9.17) is 5.11 Å². The van der Waals surface area contributed by atoms with E-state index in [1.165, 1.54) is 0 Å². The molecule has 1 aromatic heterocycles. The second kappa shape index (κ2) is 5.00. The molecule has 0 fully saturated rings. The number of non-ortho nitro benzene ring substituents is 1. The molecule has 1 N–H and O–H groups in total. The zero-order valence-corrected chi connectivity index (χ0v) is 9.83. The smallest absolute Gasteiger partial charge is 0.417 e. The molecular weight excluding hydrogens is 302 g/mol. The first-order valence-electron chi connectivity index (χ1n) is 5.24. The highest BCUT2D eigenvalue weighted by atomic mass is 19.3. The number of nitro benzene ring substituents is 1. The summed E-state index contributed by atoms with van der Waals surface area (Å²) in [4.78, 5) is 23.9. The minimum atomic E-state index is -3.34. The van der Waals surface area contributed by atoms with Gasteiger partial charge in [-0.1, -0.05) is 0 Å². The number of fused-ring (bicyclic) bond motifs is 1. The van der Waals surface area contributed by atoms with Crippen molar-refractivity contribution in [3.8, 4) is 0 Å². The number of imidazole rings is 1. The molecule has 0 aliphatic carbocycles. The third kappa shape index (κ3) is 2.37. The Labute approximate surface area is 112 Å². The average Bonchev–Trinajstić information content (AvgIpc) is 2.76. The first kappa shape index (κ1) is 14.7. The van der Waals surface area contributed by atoms with Crippen LogP contribution in [0.5, 0.6) is 0 Å². The quantitative estimate of drug-likeness (QED) is 0.532. The van der Waals surface area contributed by atoms with E-state index in [0.717, 1.165) is 0 Å². The van der Waals surface area contributed by atoms with Gasteiger partial charge in [-0.25, -0.2) is 31.9 Å².